The molecule has 1 aromatic carbocycles. The third kappa shape index (κ3) is 4.80. The number of carbonyl (C=O) groups is 1. The molecule has 0 bridgehead atoms. The number of thiocarbonyl (C=S) groups is 1. The molecule has 1 amide bonds. The van der Waals surface area contributed by atoms with Crippen molar-refractivity contribution >= 4 is 34.7 Å². The van der Waals surface area contributed by atoms with Crippen molar-refractivity contribution in [3.05, 3.63) is 34.9 Å². The Morgan fingerprint density at radius 2 is 2.21 bits per heavy atom. The molecule has 3 N–H and O–H groups in total. The maximum Gasteiger partial charge on any atom is 0.230 e. The molecule has 0 heterocycles. The molecule has 1 rings (SSSR count). The lowest BCUT2D eigenvalue weighted by molar-refractivity contribution is -0.123. The van der Waals surface area contributed by atoms with Crippen LogP contribution < -0.4 is 11.1 Å². The van der Waals surface area contributed by atoms with E-state index in [0.29, 0.717) is 11.4 Å². The lowest BCUT2D eigenvalue weighted by atomic mass is 10.0. The highest BCUT2D eigenvalue weighted by atomic mass is 35.5. The summed E-state index contributed by atoms with van der Waals surface area (Å²) < 4.78 is 0. The zero-order valence-electron chi connectivity index (χ0n) is 11.2. The van der Waals surface area contributed by atoms with Crippen molar-refractivity contribution in [2.24, 2.45) is 11.7 Å². The zero-order valence-corrected chi connectivity index (χ0v) is 12.7. The van der Waals surface area contributed by atoms with Gasteiger partial charge in [-0.2, -0.15) is 0 Å². The van der Waals surface area contributed by atoms with E-state index in [-0.39, 0.29) is 16.9 Å². The van der Waals surface area contributed by atoms with Gasteiger partial charge in [0.25, 0.3) is 0 Å². The predicted molar refractivity (Wildman–Crippen MR) is 83.2 cm³/mol. The number of amides is 1. The van der Waals surface area contributed by atoms with Crippen LogP contribution in [0.25, 0.3) is 0 Å². The van der Waals surface area contributed by atoms with Crippen LogP contribution in [0.2, 0.25) is 5.02 Å². The third-order valence-corrected chi connectivity index (χ3v) is 3.46. The third-order valence-electron chi connectivity index (χ3n) is 2.94. The first-order valence-electron chi connectivity index (χ1n) is 6.30. The van der Waals surface area contributed by atoms with E-state index in [1.807, 2.05) is 32.0 Å². The second kappa shape index (κ2) is 7.46. The molecule has 0 radical (unpaired) electrons. The Morgan fingerprint density at radius 1 is 1.53 bits per heavy atom. The van der Waals surface area contributed by atoms with Crippen LogP contribution in [0.3, 0.4) is 0 Å². The number of rotatable bonds is 6. The van der Waals surface area contributed by atoms with E-state index in [2.05, 4.69) is 5.32 Å². The Kier molecular flexibility index (Phi) is 6.25. The highest BCUT2D eigenvalue weighted by Gasteiger charge is 2.22. The van der Waals surface area contributed by atoms with Crippen molar-refractivity contribution in [2.75, 3.05) is 0 Å². The number of hydrogen-bond donors (Lipinski definition) is 2. The molecule has 5 heteroatoms. The highest BCUT2D eigenvalue weighted by molar-refractivity contribution is 7.80. The number of nitrogens with two attached hydrogens (primary N) is 1. The average molecular weight is 299 g/mol. The summed E-state index contributed by atoms with van der Waals surface area (Å²) in [5, 5.41) is 3.58. The molecule has 0 aliphatic heterocycles. The monoisotopic (exact) mass is 298 g/mol. The lowest BCUT2D eigenvalue weighted by Crippen LogP contribution is -2.39. The van der Waals surface area contributed by atoms with Crippen molar-refractivity contribution in [1.82, 2.24) is 5.32 Å². The molecule has 2 unspecified atom stereocenters. The summed E-state index contributed by atoms with van der Waals surface area (Å²) in [6.07, 6.45) is 1.53. The Hall–Kier alpha value is -1.13. The fraction of sp³-hybridized carbons (Fsp3) is 0.429. The zero-order chi connectivity index (χ0) is 14.4. The van der Waals surface area contributed by atoms with Crippen LogP contribution in [0.15, 0.2) is 24.3 Å². The summed E-state index contributed by atoms with van der Waals surface area (Å²) in [6.45, 7) is 3.91. The van der Waals surface area contributed by atoms with Gasteiger partial charge in [0.15, 0.2) is 0 Å². The van der Waals surface area contributed by atoms with Gasteiger partial charge in [-0.1, -0.05) is 49.3 Å². The predicted octanol–water partition coefficient (Wildman–Crippen LogP) is 3.22. The molecule has 104 valence electrons. The van der Waals surface area contributed by atoms with Gasteiger partial charge in [0.1, 0.15) is 0 Å². The van der Waals surface area contributed by atoms with Crippen LogP contribution in [-0.4, -0.2) is 10.9 Å². The first-order valence-corrected chi connectivity index (χ1v) is 7.09. The van der Waals surface area contributed by atoms with Gasteiger partial charge < -0.3 is 11.1 Å². The van der Waals surface area contributed by atoms with E-state index >= 15 is 0 Å². The molecule has 0 saturated carbocycles. The summed E-state index contributed by atoms with van der Waals surface area (Å²) in [4.78, 5) is 12.4. The molecule has 2 atom stereocenters. The van der Waals surface area contributed by atoms with E-state index in [1.165, 1.54) is 0 Å². The van der Waals surface area contributed by atoms with E-state index in [0.717, 1.165) is 12.0 Å². The van der Waals surface area contributed by atoms with Crippen LogP contribution >= 0.6 is 23.8 Å². The van der Waals surface area contributed by atoms with Gasteiger partial charge in [0.05, 0.1) is 16.9 Å². The number of halogens is 1. The molecule has 0 saturated heterocycles. The van der Waals surface area contributed by atoms with Gasteiger partial charge in [0.2, 0.25) is 5.91 Å². The largest absolute Gasteiger partial charge is 0.393 e. The summed E-state index contributed by atoms with van der Waals surface area (Å²) in [5.41, 5.74) is 6.57. The molecule has 0 aliphatic carbocycles. The van der Waals surface area contributed by atoms with Gasteiger partial charge in [-0.3, -0.25) is 4.79 Å². The first kappa shape index (κ1) is 15.9. The fourth-order valence-corrected chi connectivity index (χ4v) is 2.29. The molecule has 0 spiro atoms. The molecular formula is C14H19ClN2OS. The van der Waals surface area contributed by atoms with E-state index in [4.69, 9.17) is 29.6 Å². The first-order chi connectivity index (χ1) is 8.95. The quantitative estimate of drug-likeness (QED) is 0.793. The molecule has 0 fully saturated rings. The minimum Gasteiger partial charge on any atom is -0.393 e. The summed E-state index contributed by atoms with van der Waals surface area (Å²) >= 11 is 10.9. The second-order valence-corrected chi connectivity index (χ2v) is 5.44. The molecule has 19 heavy (non-hydrogen) atoms. The van der Waals surface area contributed by atoms with E-state index < -0.39 is 5.92 Å². The molecule has 1 aromatic rings. The number of carbonyl (C=O) groups excluding carboxylic acids is 1. The number of hydrogen-bond acceptors (Lipinski definition) is 2. The fourth-order valence-electron chi connectivity index (χ4n) is 1.86. The highest BCUT2D eigenvalue weighted by Crippen LogP contribution is 2.18. The molecular weight excluding hydrogens is 280 g/mol. The lowest BCUT2D eigenvalue weighted by Gasteiger charge is -2.19. The van der Waals surface area contributed by atoms with E-state index in [1.54, 1.807) is 6.07 Å². The van der Waals surface area contributed by atoms with Crippen molar-refractivity contribution in [1.29, 1.82) is 0 Å². The standard InChI is InChI=1S/C14H19ClN2OS/c1-3-5-12(13(16)19)14(18)17-9(2)10-6-4-7-11(15)8-10/h4,6-9,12H,3,5H2,1-2H3,(H2,16,19)(H,17,18). The Labute approximate surface area is 124 Å². The van der Waals surface area contributed by atoms with Gasteiger partial charge in [-0.25, -0.2) is 0 Å². The second-order valence-electron chi connectivity index (χ2n) is 4.53. The SMILES string of the molecule is CCCC(C(=O)NC(C)c1cccc(Cl)c1)C(N)=S. The van der Waals surface area contributed by atoms with Crippen LogP contribution in [0.5, 0.6) is 0 Å². The van der Waals surface area contributed by atoms with Crippen molar-refractivity contribution in [2.45, 2.75) is 32.7 Å². The van der Waals surface area contributed by atoms with Gasteiger partial charge >= 0.3 is 0 Å². The molecule has 3 nitrogen and oxygen atoms in total. The van der Waals surface area contributed by atoms with Crippen LogP contribution in [-0.2, 0) is 4.79 Å². The van der Waals surface area contributed by atoms with Crippen molar-refractivity contribution < 1.29 is 4.79 Å². The van der Waals surface area contributed by atoms with Crippen LogP contribution in [0.1, 0.15) is 38.3 Å². The summed E-state index contributed by atoms with van der Waals surface area (Å²) in [5.74, 6) is -0.525. The minimum absolute atomic E-state index is 0.123. The van der Waals surface area contributed by atoms with Crippen LogP contribution in [0, 0.1) is 5.92 Å². The molecule has 0 aliphatic rings. The Bertz CT molecular complexity index is 465. The van der Waals surface area contributed by atoms with Gasteiger partial charge in [0, 0.05) is 5.02 Å². The minimum atomic E-state index is -0.401. The Balaban J connectivity index is 2.72. The normalized spacial score (nSPS) is 13.6. The van der Waals surface area contributed by atoms with Crippen molar-refractivity contribution in [3.63, 3.8) is 0 Å². The number of benzene rings is 1. The van der Waals surface area contributed by atoms with Crippen molar-refractivity contribution in [3.8, 4) is 0 Å². The summed E-state index contributed by atoms with van der Waals surface area (Å²) in [7, 11) is 0. The average Bonchev–Trinajstić information content (AvgIpc) is 2.35. The van der Waals surface area contributed by atoms with Gasteiger partial charge in [-0.05, 0) is 31.0 Å². The maximum atomic E-state index is 12.1. The summed E-state index contributed by atoms with van der Waals surface area (Å²) in [6, 6.07) is 7.29. The van der Waals surface area contributed by atoms with Gasteiger partial charge in [-0.15, -0.1) is 0 Å². The Morgan fingerprint density at radius 3 is 2.74 bits per heavy atom. The smallest absolute Gasteiger partial charge is 0.230 e. The van der Waals surface area contributed by atoms with E-state index in [9.17, 15) is 4.79 Å². The number of nitrogens with one attached hydrogen (secondary N) is 1. The topological polar surface area (TPSA) is 55.1 Å². The molecule has 0 aromatic heterocycles. The maximum absolute atomic E-state index is 12.1. The van der Waals surface area contributed by atoms with Crippen LogP contribution in [0.4, 0.5) is 0 Å².